The second kappa shape index (κ2) is 7.40. The Balaban J connectivity index is 1.45. The molecule has 4 aromatic rings. The standard InChI is InChI=1S/C20H20FN5OS2/c1-13-22-20-26(23-13)19(27)18(29-20)17(16-7-4-12-28-16)25-10-8-24(9-11-25)15-6-3-2-5-14(15)21/h2-7,12,17,27H,8-11H2,1H3/t17-/m1/s1. The monoisotopic (exact) mass is 429 g/mol. The highest BCUT2D eigenvalue weighted by Gasteiger charge is 2.32. The lowest BCUT2D eigenvalue weighted by molar-refractivity contribution is 0.213. The van der Waals surface area contributed by atoms with Crippen molar-refractivity contribution < 1.29 is 9.50 Å². The van der Waals surface area contributed by atoms with Crippen LogP contribution < -0.4 is 4.90 Å². The average molecular weight is 430 g/mol. The number of nitrogens with zero attached hydrogens (tertiary/aromatic N) is 5. The van der Waals surface area contributed by atoms with Crippen LogP contribution in [-0.4, -0.2) is 50.8 Å². The third-order valence-corrected chi connectivity index (χ3v) is 7.24. The molecule has 150 valence electrons. The first kappa shape index (κ1) is 18.5. The zero-order valence-electron chi connectivity index (χ0n) is 15.8. The fourth-order valence-electron chi connectivity index (χ4n) is 3.88. The van der Waals surface area contributed by atoms with Crippen LogP contribution in [0.2, 0.25) is 0 Å². The summed E-state index contributed by atoms with van der Waals surface area (Å²) in [5.41, 5.74) is 0.650. The SMILES string of the molecule is Cc1nc2sc([C@@H](c3cccs3)N3CCN(c4ccccc4F)CC3)c(O)n2n1. The molecule has 0 bridgehead atoms. The molecule has 1 aliphatic rings. The molecule has 1 aromatic carbocycles. The molecule has 0 aliphatic carbocycles. The topological polar surface area (TPSA) is 56.9 Å². The first-order chi connectivity index (χ1) is 14.1. The summed E-state index contributed by atoms with van der Waals surface area (Å²) in [6.45, 7) is 4.80. The summed E-state index contributed by atoms with van der Waals surface area (Å²) in [5, 5.41) is 17.2. The molecule has 1 atom stereocenters. The van der Waals surface area contributed by atoms with E-state index < -0.39 is 0 Å². The van der Waals surface area contributed by atoms with Crippen molar-refractivity contribution in [2.45, 2.75) is 13.0 Å². The van der Waals surface area contributed by atoms with E-state index in [9.17, 15) is 9.50 Å². The Hall–Kier alpha value is -2.49. The average Bonchev–Trinajstić information content (AvgIpc) is 3.43. The van der Waals surface area contributed by atoms with Crippen molar-refractivity contribution in [2.75, 3.05) is 31.1 Å². The van der Waals surface area contributed by atoms with Crippen molar-refractivity contribution >= 4 is 33.3 Å². The van der Waals surface area contributed by atoms with E-state index in [1.807, 2.05) is 25.1 Å². The zero-order valence-corrected chi connectivity index (χ0v) is 17.5. The zero-order chi connectivity index (χ0) is 20.0. The Morgan fingerprint density at radius 2 is 1.90 bits per heavy atom. The van der Waals surface area contributed by atoms with Gasteiger partial charge in [0.2, 0.25) is 10.8 Å². The smallest absolute Gasteiger partial charge is 0.230 e. The first-order valence-corrected chi connectivity index (χ1v) is 11.1. The molecule has 1 fully saturated rings. The maximum Gasteiger partial charge on any atom is 0.230 e. The van der Waals surface area contributed by atoms with Crippen molar-refractivity contribution in [3.05, 3.63) is 63.2 Å². The summed E-state index contributed by atoms with van der Waals surface area (Å²) in [6, 6.07) is 11.0. The van der Waals surface area contributed by atoms with Gasteiger partial charge < -0.3 is 10.0 Å². The van der Waals surface area contributed by atoms with Gasteiger partial charge in [-0.25, -0.2) is 9.37 Å². The van der Waals surface area contributed by atoms with E-state index in [-0.39, 0.29) is 17.7 Å². The van der Waals surface area contributed by atoms with Crippen molar-refractivity contribution in [2.24, 2.45) is 0 Å². The second-order valence-electron chi connectivity index (χ2n) is 7.04. The molecule has 0 saturated carbocycles. The quantitative estimate of drug-likeness (QED) is 0.533. The number of aryl methyl sites for hydroxylation is 1. The Morgan fingerprint density at radius 3 is 2.59 bits per heavy atom. The van der Waals surface area contributed by atoms with Crippen LogP contribution in [0.5, 0.6) is 5.88 Å². The third-order valence-electron chi connectivity index (χ3n) is 5.24. The number of aromatic nitrogens is 3. The summed E-state index contributed by atoms with van der Waals surface area (Å²) in [4.78, 5) is 11.6. The van der Waals surface area contributed by atoms with Gasteiger partial charge in [-0.1, -0.05) is 29.5 Å². The number of halogens is 1. The van der Waals surface area contributed by atoms with E-state index in [1.54, 1.807) is 17.4 Å². The van der Waals surface area contributed by atoms with Gasteiger partial charge in [-0.15, -0.1) is 16.4 Å². The number of hydrogen-bond donors (Lipinski definition) is 1. The van der Waals surface area contributed by atoms with Crippen molar-refractivity contribution in [1.29, 1.82) is 0 Å². The Morgan fingerprint density at radius 1 is 1.10 bits per heavy atom. The molecule has 0 radical (unpaired) electrons. The third kappa shape index (κ3) is 3.29. The number of aromatic hydroxyl groups is 1. The molecule has 29 heavy (non-hydrogen) atoms. The highest BCUT2D eigenvalue weighted by atomic mass is 32.1. The molecule has 0 unspecified atom stereocenters. The van der Waals surface area contributed by atoms with Gasteiger partial charge in [0.25, 0.3) is 0 Å². The van der Waals surface area contributed by atoms with E-state index in [2.05, 4.69) is 31.3 Å². The van der Waals surface area contributed by atoms with Crippen LogP contribution in [0.3, 0.4) is 0 Å². The number of para-hydroxylation sites is 1. The van der Waals surface area contributed by atoms with E-state index in [0.717, 1.165) is 31.1 Å². The molecule has 1 N–H and O–H groups in total. The lowest BCUT2D eigenvalue weighted by Gasteiger charge is -2.39. The highest BCUT2D eigenvalue weighted by molar-refractivity contribution is 7.17. The van der Waals surface area contributed by atoms with Crippen LogP contribution in [0.1, 0.15) is 21.6 Å². The molecular weight excluding hydrogens is 409 g/mol. The van der Waals surface area contributed by atoms with Crippen molar-refractivity contribution in [3.8, 4) is 5.88 Å². The highest BCUT2D eigenvalue weighted by Crippen LogP contribution is 2.41. The lowest BCUT2D eigenvalue weighted by Crippen LogP contribution is -2.48. The molecule has 6 nitrogen and oxygen atoms in total. The second-order valence-corrected chi connectivity index (χ2v) is 9.02. The largest absolute Gasteiger partial charge is 0.492 e. The van der Waals surface area contributed by atoms with Crippen LogP contribution in [0.15, 0.2) is 41.8 Å². The summed E-state index contributed by atoms with van der Waals surface area (Å²) in [5.74, 6) is 0.610. The number of benzene rings is 1. The van der Waals surface area contributed by atoms with E-state index in [1.165, 1.54) is 26.8 Å². The fourth-order valence-corrected chi connectivity index (χ4v) is 5.97. The van der Waals surface area contributed by atoms with E-state index >= 15 is 0 Å². The van der Waals surface area contributed by atoms with Gasteiger partial charge in [-0.2, -0.15) is 4.52 Å². The van der Waals surface area contributed by atoms with Gasteiger partial charge in [-0.3, -0.25) is 4.90 Å². The van der Waals surface area contributed by atoms with Gasteiger partial charge in [0.05, 0.1) is 16.6 Å². The number of fused-ring (bicyclic) bond motifs is 1. The van der Waals surface area contributed by atoms with Gasteiger partial charge in [0, 0.05) is 31.1 Å². The van der Waals surface area contributed by atoms with Crippen LogP contribution in [0.4, 0.5) is 10.1 Å². The van der Waals surface area contributed by atoms with Gasteiger partial charge >= 0.3 is 0 Å². The molecule has 3 aromatic heterocycles. The normalized spacial score (nSPS) is 16.6. The maximum absolute atomic E-state index is 14.2. The summed E-state index contributed by atoms with van der Waals surface area (Å²) >= 11 is 3.15. The Bertz CT molecular complexity index is 1130. The molecule has 0 spiro atoms. The number of rotatable bonds is 4. The number of thiophene rings is 1. The molecule has 0 amide bonds. The van der Waals surface area contributed by atoms with E-state index in [4.69, 9.17) is 0 Å². The minimum atomic E-state index is -0.186. The molecule has 5 rings (SSSR count). The lowest BCUT2D eigenvalue weighted by atomic mass is 10.1. The van der Waals surface area contributed by atoms with Gasteiger partial charge in [0.1, 0.15) is 11.6 Å². The first-order valence-electron chi connectivity index (χ1n) is 9.44. The van der Waals surface area contributed by atoms with Gasteiger partial charge in [-0.05, 0) is 30.5 Å². The predicted molar refractivity (Wildman–Crippen MR) is 114 cm³/mol. The van der Waals surface area contributed by atoms with Crippen LogP contribution in [0.25, 0.3) is 4.96 Å². The van der Waals surface area contributed by atoms with Crippen LogP contribution in [-0.2, 0) is 0 Å². The maximum atomic E-state index is 14.2. The van der Waals surface area contributed by atoms with Crippen molar-refractivity contribution in [3.63, 3.8) is 0 Å². The number of piperazine rings is 1. The summed E-state index contributed by atoms with van der Waals surface area (Å²) in [6.07, 6.45) is 0. The van der Waals surface area contributed by atoms with Crippen LogP contribution in [0, 0.1) is 12.7 Å². The minimum Gasteiger partial charge on any atom is -0.492 e. The molecule has 9 heteroatoms. The van der Waals surface area contributed by atoms with Gasteiger partial charge in [0.15, 0.2) is 0 Å². The molecule has 1 aliphatic heterocycles. The van der Waals surface area contributed by atoms with Crippen molar-refractivity contribution in [1.82, 2.24) is 19.5 Å². The summed E-state index contributed by atoms with van der Waals surface area (Å²) < 4.78 is 15.7. The number of anilines is 1. The van der Waals surface area contributed by atoms with Crippen LogP contribution >= 0.6 is 22.7 Å². The van der Waals surface area contributed by atoms with E-state index in [0.29, 0.717) is 16.5 Å². The molecule has 1 saturated heterocycles. The Labute approximate surface area is 175 Å². The predicted octanol–water partition coefficient (Wildman–Crippen LogP) is 3.92. The Kier molecular flexibility index (Phi) is 4.73. The number of thiazole rings is 1. The number of hydrogen-bond acceptors (Lipinski definition) is 7. The summed E-state index contributed by atoms with van der Waals surface area (Å²) in [7, 11) is 0. The molecular formula is C20H20FN5OS2. The fraction of sp³-hybridized carbons (Fsp3) is 0.300. The minimum absolute atomic E-state index is 0.0634. The molecule has 4 heterocycles.